The van der Waals surface area contributed by atoms with Crippen LogP contribution < -0.4 is 0 Å². The maximum absolute atomic E-state index is 10.9. The molecule has 0 saturated carbocycles. The van der Waals surface area contributed by atoms with E-state index in [4.69, 9.17) is 4.74 Å². The van der Waals surface area contributed by atoms with Crippen molar-refractivity contribution in [2.75, 3.05) is 27.2 Å². The molecule has 0 bridgehead atoms. The molecule has 0 aromatic carbocycles. The van der Waals surface area contributed by atoms with E-state index >= 15 is 0 Å². The molecule has 3 nitrogen and oxygen atoms in total. The van der Waals surface area contributed by atoms with Gasteiger partial charge in [0, 0.05) is 12.1 Å². The van der Waals surface area contributed by atoms with E-state index in [1.807, 2.05) is 19.0 Å². The Balaban J connectivity index is 3.74. The first-order valence-electron chi connectivity index (χ1n) is 3.57. The molecule has 0 saturated heterocycles. The minimum atomic E-state index is -0.304. The van der Waals surface area contributed by atoms with Gasteiger partial charge in [-0.25, -0.2) is 4.79 Å². The lowest BCUT2D eigenvalue weighted by Crippen LogP contribution is -2.20. The Morgan fingerprint density at radius 2 is 2.09 bits per heavy atom. The van der Waals surface area contributed by atoms with Crippen molar-refractivity contribution in [2.45, 2.75) is 6.92 Å². The summed E-state index contributed by atoms with van der Waals surface area (Å²) in [5.41, 5.74) is 0.497. The highest BCUT2D eigenvalue weighted by atomic mass is 16.5. The summed E-state index contributed by atoms with van der Waals surface area (Å²) in [6, 6.07) is 0. The highest BCUT2D eigenvalue weighted by molar-refractivity contribution is 5.88. The normalized spacial score (nSPS) is 9.82. The summed E-state index contributed by atoms with van der Waals surface area (Å²) < 4.78 is 4.74. The number of likely N-dealkylation sites (N-methyl/N-ethyl adjacent to an activating group) is 1. The van der Waals surface area contributed by atoms with Crippen molar-refractivity contribution in [1.82, 2.24) is 4.90 Å². The lowest BCUT2D eigenvalue weighted by atomic mass is 10.3. The van der Waals surface area contributed by atoms with Crippen LogP contribution >= 0.6 is 0 Å². The first-order chi connectivity index (χ1) is 5.07. The fourth-order valence-electron chi connectivity index (χ4n) is 0.679. The highest BCUT2D eigenvalue weighted by Crippen LogP contribution is 1.95. The molecule has 0 N–H and O–H groups in total. The zero-order valence-corrected chi connectivity index (χ0v) is 7.39. The molecule has 0 aromatic rings. The van der Waals surface area contributed by atoms with E-state index in [2.05, 4.69) is 6.58 Å². The average Bonchev–Trinajstić information content (AvgIpc) is 1.86. The van der Waals surface area contributed by atoms with Gasteiger partial charge in [0.15, 0.2) is 0 Å². The number of esters is 1. The van der Waals surface area contributed by atoms with Crippen LogP contribution in [-0.2, 0) is 9.53 Å². The molecule has 0 aliphatic heterocycles. The largest absolute Gasteiger partial charge is 0.463 e. The van der Waals surface area contributed by atoms with Crippen molar-refractivity contribution in [3.63, 3.8) is 0 Å². The van der Waals surface area contributed by atoms with E-state index in [9.17, 15) is 4.79 Å². The number of hydrogen-bond donors (Lipinski definition) is 0. The fourth-order valence-corrected chi connectivity index (χ4v) is 0.679. The van der Waals surface area contributed by atoms with Crippen molar-refractivity contribution in [3.8, 4) is 0 Å². The van der Waals surface area contributed by atoms with Crippen LogP contribution in [0.4, 0.5) is 0 Å². The number of ether oxygens (including phenoxy) is 1. The summed E-state index contributed by atoms with van der Waals surface area (Å²) in [5, 5.41) is 0. The standard InChI is InChI=1S/C8H15NO2/c1-5-11-8(10)7(2)6-9(3)4/h2,5-6H2,1,3-4H3. The molecule has 0 heterocycles. The molecule has 0 spiro atoms. The van der Waals surface area contributed by atoms with Crippen molar-refractivity contribution in [1.29, 1.82) is 0 Å². The average molecular weight is 157 g/mol. The molecule has 0 atom stereocenters. The van der Waals surface area contributed by atoms with Crippen LogP contribution in [-0.4, -0.2) is 38.1 Å². The van der Waals surface area contributed by atoms with Crippen LogP contribution in [0.3, 0.4) is 0 Å². The van der Waals surface area contributed by atoms with Gasteiger partial charge in [-0.3, -0.25) is 0 Å². The van der Waals surface area contributed by atoms with Crippen LogP contribution in [0.1, 0.15) is 6.92 Å². The SMILES string of the molecule is C=C(CN(C)C)C(=O)OCC. The second kappa shape index (κ2) is 4.91. The van der Waals surface area contributed by atoms with E-state index in [0.29, 0.717) is 18.7 Å². The molecule has 0 unspecified atom stereocenters. The van der Waals surface area contributed by atoms with Crippen molar-refractivity contribution in [3.05, 3.63) is 12.2 Å². The molecule has 0 amide bonds. The van der Waals surface area contributed by atoms with Gasteiger partial charge in [0.05, 0.1) is 6.61 Å². The summed E-state index contributed by atoms with van der Waals surface area (Å²) >= 11 is 0. The van der Waals surface area contributed by atoms with Gasteiger partial charge in [0.1, 0.15) is 0 Å². The third-order valence-electron chi connectivity index (χ3n) is 1.07. The first kappa shape index (κ1) is 10.2. The number of rotatable bonds is 4. The molecule has 11 heavy (non-hydrogen) atoms. The lowest BCUT2D eigenvalue weighted by Gasteiger charge is -2.10. The molecule has 0 aromatic heterocycles. The summed E-state index contributed by atoms with van der Waals surface area (Å²) in [5.74, 6) is -0.304. The van der Waals surface area contributed by atoms with Crippen LogP contribution in [0, 0.1) is 0 Å². The Hall–Kier alpha value is -0.830. The number of nitrogens with zero attached hydrogens (tertiary/aromatic N) is 1. The van der Waals surface area contributed by atoms with E-state index < -0.39 is 0 Å². The molecular weight excluding hydrogens is 142 g/mol. The summed E-state index contributed by atoms with van der Waals surface area (Å²) in [6.07, 6.45) is 0. The lowest BCUT2D eigenvalue weighted by molar-refractivity contribution is -0.138. The first-order valence-corrected chi connectivity index (χ1v) is 3.57. The third kappa shape index (κ3) is 4.56. The molecule has 0 aliphatic carbocycles. The molecule has 3 heteroatoms. The maximum Gasteiger partial charge on any atom is 0.334 e. The predicted molar refractivity (Wildman–Crippen MR) is 44.3 cm³/mol. The number of carbonyl (C=O) groups is 1. The number of hydrogen-bond acceptors (Lipinski definition) is 3. The van der Waals surface area contributed by atoms with E-state index in [0.717, 1.165) is 0 Å². The zero-order valence-electron chi connectivity index (χ0n) is 7.39. The summed E-state index contributed by atoms with van der Waals surface area (Å²) in [4.78, 5) is 12.8. The van der Waals surface area contributed by atoms with Crippen LogP contribution in [0.5, 0.6) is 0 Å². The smallest absolute Gasteiger partial charge is 0.334 e. The minimum Gasteiger partial charge on any atom is -0.463 e. The van der Waals surface area contributed by atoms with Crippen LogP contribution in [0.2, 0.25) is 0 Å². The monoisotopic (exact) mass is 157 g/mol. The van der Waals surface area contributed by atoms with E-state index in [1.54, 1.807) is 6.92 Å². The maximum atomic E-state index is 10.9. The third-order valence-corrected chi connectivity index (χ3v) is 1.07. The van der Waals surface area contributed by atoms with Gasteiger partial charge < -0.3 is 9.64 Å². The van der Waals surface area contributed by atoms with Crippen LogP contribution in [0.15, 0.2) is 12.2 Å². The molecule has 0 fully saturated rings. The Morgan fingerprint density at radius 1 is 1.55 bits per heavy atom. The summed E-state index contributed by atoms with van der Waals surface area (Å²) in [7, 11) is 3.76. The zero-order chi connectivity index (χ0) is 8.85. The van der Waals surface area contributed by atoms with Gasteiger partial charge in [-0.1, -0.05) is 6.58 Å². The molecule has 0 rings (SSSR count). The van der Waals surface area contributed by atoms with Gasteiger partial charge in [-0.05, 0) is 21.0 Å². The minimum absolute atomic E-state index is 0.304. The Morgan fingerprint density at radius 3 is 2.45 bits per heavy atom. The quantitative estimate of drug-likeness (QED) is 0.443. The van der Waals surface area contributed by atoms with Gasteiger partial charge >= 0.3 is 5.97 Å². The van der Waals surface area contributed by atoms with Gasteiger partial charge in [-0.2, -0.15) is 0 Å². The molecule has 0 aliphatic rings. The molecule has 64 valence electrons. The van der Waals surface area contributed by atoms with Crippen molar-refractivity contribution < 1.29 is 9.53 Å². The topological polar surface area (TPSA) is 29.5 Å². The van der Waals surface area contributed by atoms with E-state index in [1.165, 1.54) is 0 Å². The predicted octanol–water partition coefficient (Wildman–Crippen LogP) is 0.667. The summed E-state index contributed by atoms with van der Waals surface area (Å²) in [6.45, 7) is 6.34. The Kier molecular flexibility index (Phi) is 4.54. The second-order valence-electron chi connectivity index (χ2n) is 2.56. The Bertz CT molecular complexity index is 152. The van der Waals surface area contributed by atoms with Gasteiger partial charge in [0.2, 0.25) is 0 Å². The van der Waals surface area contributed by atoms with E-state index in [-0.39, 0.29) is 5.97 Å². The molecular formula is C8H15NO2. The highest BCUT2D eigenvalue weighted by Gasteiger charge is 2.07. The van der Waals surface area contributed by atoms with Gasteiger partial charge in [0.25, 0.3) is 0 Å². The van der Waals surface area contributed by atoms with Gasteiger partial charge in [-0.15, -0.1) is 0 Å². The van der Waals surface area contributed by atoms with Crippen molar-refractivity contribution >= 4 is 5.97 Å². The fraction of sp³-hybridized carbons (Fsp3) is 0.625. The number of carbonyl (C=O) groups excluding carboxylic acids is 1. The van der Waals surface area contributed by atoms with Crippen molar-refractivity contribution in [2.24, 2.45) is 0 Å². The molecule has 0 radical (unpaired) electrons. The van der Waals surface area contributed by atoms with Crippen LogP contribution in [0.25, 0.3) is 0 Å². The Labute approximate surface area is 67.6 Å². The second-order valence-corrected chi connectivity index (χ2v) is 2.56.